The zero-order chi connectivity index (χ0) is 23.7. The summed E-state index contributed by atoms with van der Waals surface area (Å²) in [6.07, 6.45) is 3.74. The van der Waals surface area contributed by atoms with Crippen LogP contribution in [0.25, 0.3) is 11.0 Å². The number of fused-ring (bicyclic) bond motifs is 1. The first kappa shape index (κ1) is 22.6. The average molecular weight is 491 g/mol. The first-order valence-electron chi connectivity index (χ1n) is 9.41. The molecule has 3 heterocycles. The fourth-order valence-corrected chi connectivity index (χ4v) is 3.68. The van der Waals surface area contributed by atoms with Crippen molar-refractivity contribution >= 4 is 45.8 Å². The van der Waals surface area contributed by atoms with Crippen molar-refractivity contribution in [3.63, 3.8) is 0 Å². The van der Waals surface area contributed by atoms with Crippen LogP contribution in [0, 0.1) is 11.6 Å². The van der Waals surface area contributed by atoms with Gasteiger partial charge in [-0.25, -0.2) is 13.8 Å². The molecule has 0 fully saturated rings. The number of hydrogen-bond donors (Lipinski definition) is 1. The molecule has 0 aliphatic heterocycles. The molecule has 3 aromatic heterocycles. The molecule has 4 rings (SSSR count). The topological polar surface area (TPSA) is 86.1 Å². The second-order valence-electron chi connectivity index (χ2n) is 6.85. The van der Waals surface area contributed by atoms with Gasteiger partial charge in [-0.15, -0.1) is 0 Å². The lowest BCUT2D eigenvalue weighted by Gasteiger charge is -2.15. The molecule has 0 radical (unpaired) electrons. The van der Waals surface area contributed by atoms with Gasteiger partial charge in [0, 0.05) is 30.2 Å². The summed E-state index contributed by atoms with van der Waals surface area (Å²) in [5.41, 5.74) is -1.12. The van der Waals surface area contributed by atoms with Gasteiger partial charge in [-0.2, -0.15) is 0 Å². The summed E-state index contributed by atoms with van der Waals surface area (Å²) in [5.74, 6) is -2.26. The van der Waals surface area contributed by atoms with Gasteiger partial charge in [0.1, 0.15) is 22.7 Å². The highest BCUT2D eigenvalue weighted by Gasteiger charge is 2.20. The zero-order valence-electron chi connectivity index (χ0n) is 16.9. The number of benzene rings is 1. The molecule has 11 heteroatoms. The maximum atomic E-state index is 14.3. The molecule has 33 heavy (non-hydrogen) atoms. The van der Waals surface area contributed by atoms with Gasteiger partial charge in [-0.05, 0) is 18.2 Å². The van der Waals surface area contributed by atoms with Crippen molar-refractivity contribution in [3.05, 3.63) is 92.0 Å². The Labute approximate surface area is 195 Å². The second kappa shape index (κ2) is 9.13. The number of carbonyl (C=O) groups excluding carboxylic acids is 1. The Kier molecular flexibility index (Phi) is 6.26. The van der Waals surface area contributed by atoms with Crippen LogP contribution in [0.3, 0.4) is 0 Å². The Balaban J connectivity index is 1.88. The van der Waals surface area contributed by atoms with E-state index in [4.69, 9.17) is 27.9 Å². The van der Waals surface area contributed by atoms with E-state index >= 15 is 0 Å². The Morgan fingerprint density at radius 2 is 1.79 bits per heavy atom. The van der Waals surface area contributed by atoms with Crippen molar-refractivity contribution in [3.8, 4) is 5.88 Å². The maximum Gasteiger partial charge on any atom is 0.261 e. The summed E-state index contributed by atoms with van der Waals surface area (Å²) in [4.78, 5) is 34.1. The minimum atomic E-state index is -0.843. The average Bonchev–Trinajstić information content (AvgIpc) is 2.80. The smallest absolute Gasteiger partial charge is 0.261 e. The monoisotopic (exact) mass is 490 g/mol. The van der Waals surface area contributed by atoms with Gasteiger partial charge in [0.05, 0.1) is 34.9 Å². The number of nitrogens with zero attached hydrogens (tertiary/aromatic N) is 3. The molecular weight excluding hydrogens is 477 g/mol. The van der Waals surface area contributed by atoms with Crippen LogP contribution in [-0.4, -0.2) is 27.6 Å². The summed E-state index contributed by atoms with van der Waals surface area (Å²) in [6, 6.07) is 6.48. The van der Waals surface area contributed by atoms with E-state index in [2.05, 4.69) is 15.3 Å². The minimum absolute atomic E-state index is 0.0585. The lowest BCUT2D eigenvalue weighted by Crippen LogP contribution is -2.25. The molecule has 7 nitrogen and oxygen atoms in total. The third-order valence-corrected chi connectivity index (χ3v) is 5.41. The molecule has 1 aromatic carbocycles. The number of nitrogens with one attached hydrogen (secondary N) is 1. The van der Waals surface area contributed by atoms with E-state index in [9.17, 15) is 18.4 Å². The van der Waals surface area contributed by atoms with E-state index in [1.54, 1.807) is 0 Å². The molecule has 0 saturated carbocycles. The molecule has 0 spiro atoms. The van der Waals surface area contributed by atoms with E-state index in [1.807, 2.05) is 0 Å². The Bertz CT molecular complexity index is 1420. The van der Waals surface area contributed by atoms with Gasteiger partial charge in [0.25, 0.3) is 5.91 Å². The molecule has 1 N–H and O–H groups in total. The Morgan fingerprint density at radius 1 is 1.12 bits per heavy atom. The normalized spacial score (nSPS) is 10.9. The molecule has 168 valence electrons. The van der Waals surface area contributed by atoms with Gasteiger partial charge in [-0.3, -0.25) is 14.6 Å². The Hall–Kier alpha value is -3.56. The van der Waals surface area contributed by atoms with Crippen LogP contribution >= 0.6 is 23.2 Å². The van der Waals surface area contributed by atoms with Gasteiger partial charge in [0.2, 0.25) is 11.3 Å². The van der Waals surface area contributed by atoms with Gasteiger partial charge < -0.3 is 14.6 Å². The number of halogens is 4. The van der Waals surface area contributed by atoms with Crippen LogP contribution < -0.4 is 15.5 Å². The van der Waals surface area contributed by atoms with Crippen molar-refractivity contribution in [1.29, 1.82) is 0 Å². The number of hydrogen-bond acceptors (Lipinski definition) is 5. The van der Waals surface area contributed by atoms with Crippen molar-refractivity contribution in [2.45, 2.75) is 6.54 Å². The molecule has 0 aliphatic rings. The second-order valence-corrected chi connectivity index (χ2v) is 7.67. The lowest BCUT2D eigenvalue weighted by molar-refractivity contribution is 0.102. The third kappa shape index (κ3) is 4.37. The molecule has 4 aromatic rings. The highest BCUT2D eigenvalue weighted by Crippen LogP contribution is 2.29. The molecular formula is C22H14Cl2F2N4O3. The van der Waals surface area contributed by atoms with Crippen LogP contribution in [0.1, 0.15) is 15.9 Å². The van der Waals surface area contributed by atoms with E-state index in [0.717, 1.165) is 12.1 Å². The number of rotatable bonds is 5. The Morgan fingerprint density at radius 3 is 2.42 bits per heavy atom. The summed E-state index contributed by atoms with van der Waals surface area (Å²) >= 11 is 12.1. The number of amides is 1. The summed E-state index contributed by atoms with van der Waals surface area (Å²) in [6.45, 7) is -0.305. The number of aromatic nitrogens is 3. The predicted octanol–water partition coefficient (Wildman–Crippen LogP) is 4.69. The molecule has 0 unspecified atom stereocenters. The number of carbonyl (C=O) groups is 1. The number of pyridine rings is 3. The summed E-state index contributed by atoms with van der Waals surface area (Å²) in [7, 11) is 1.37. The van der Waals surface area contributed by atoms with Crippen molar-refractivity contribution in [2.24, 2.45) is 0 Å². The first-order valence-corrected chi connectivity index (χ1v) is 10.2. The van der Waals surface area contributed by atoms with Crippen LogP contribution in [0.4, 0.5) is 14.5 Å². The van der Waals surface area contributed by atoms with E-state index in [1.165, 1.54) is 48.5 Å². The minimum Gasteiger partial charge on any atom is -0.481 e. The van der Waals surface area contributed by atoms with Crippen LogP contribution in [0.15, 0.2) is 53.7 Å². The van der Waals surface area contributed by atoms with Crippen LogP contribution in [0.2, 0.25) is 10.0 Å². The molecule has 0 atom stereocenters. The number of methoxy groups -OCH3 is 1. The van der Waals surface area contributed by atoms with E-state index in [-0.39, 0.29) is 50.3 Å². The summed E-state index contributed by atoms with van der Waals surface area (Å²) < 4.78 is 35.0. The fraction of sp³-hybridized carbons (Fsp3) is 0.0909. The molecule has 0 aliphatic carbocycles. The number of ether oxygens (including phenoxy) is 1. The lowest BCUT2D eigenvalue weighted by atomic mass is 10.1. The molecule has 0 bridgehead atoms. The first-order chi connectivity index (χ1) is 15.8. The number of anilines is 1. The predicted molar refractivity (Wildman–Crippen MR) is 120 cm³/mol. The highest BCUT2D eigenvalue weighted by molar-refractivity contribution is 6.39. The van der Waals surface area contributed by atoms with Crippen LogP contribution in [-0.2, 0) is 6.54 Å². The van der Waals surface area contributed by atoms with Crippen LogP contribution in [0.5, 0.6) is 5.88 Å². The zero-order valence-corrected chi connectivity index (χ0v) is 18.4. The van der Waals surface area contributed by atoms with E-state index < -0.39 is 23.0 Å². The van der Waals surface area contributed by atoms with E-state index in [0.29, 0.717) is 0 Å². The highest BCUT2D eigenvalue weighted by atomic mass is 35.5. The third-order valence-electron chi connectivity index (χ3n) is 4.84. The van der Waals surface area contributed by atoms with Gasteiger partial charge in [-0.1, -0.05) is 29.3 Å². The SMILES string of the molecule is COc1ccc2c(n1)c(=O)c(C(=O)Nc1c(Cl)cncc1Cl)cn2Cc1c(F)cccc1F. The largest absolute Gasteiger partial charge is 0.481 e. The maximum absolute atomic E-state index is 14.3. The van der Waals surface area contributed by atoms with Gasteiger partial charge >= 0.3 is 0 Å². The van der Waals surface area contributed by atoms with Crippen molar-refractivity contribution in [1.82, 2.24) is 14.5 Å². The standard InChI is InChI=1S/C22H14Cl2F2N4O3/c1-33-18-6-5-17-20(28-18)21(31)12(22(32)29-19-13(23)7-27-8-14(19)24)10-30(17)9-11-15(25)3-2-4-16(11)26/h2-8,10H,9H2,1H3,(H,27,29,32). The molecule has 1 amide bonds. The molecule has 0 saturated heterocycles. The van der Waals surface area contributed by atoms with Crippen molar-refractivity contribution < 1.29 is 18.3 Å². The fourth-order valence-electron chi connectivity index (χ4n) is 3.22. The van der Waals surface area contributed by atoms with Gasteiger partial charge in [0.15, 0.2) is 0 Å². The summed E-state index contributed by atoms with van der Waals surface area (Å²) in [5, 5.41) is 2.60. The quantitative estimate of drug-likeness (QED) is 0.438. The van der Waals surface area contributed by atoms with Crippen molar-refractivity contribution in [2.75, 3.05) is 12.4 Å².